The molecule has 3 rings (SSSR count). The molecule has 0 bridgehead atoms. The number of fused-ring (bicyclic) bond motifs is 1. The number of urea groups is 1. The van der Waals surface area contributed by atoms with Crippen molar-refractivity contribution >= 4 is 28.9 Å². The van der Waals surface area contributed by atoms with Crippen LogP contribution in [0.3, 0.4) is 0 Å². The number of benzene rings is 2. The molecule has 3 amide bonds. The number of amides is 3. The maximum absolute atomic E-state index is 12.1. The summed E-state index contributed by atoms with van der Waals surface area (Å²) in [6.07, 6.45) is 0.134. The molecule has 0 aliphatic heterocycles. The van der Waals surface area contributed by atoms with Crippen molar-refractivity contribution < 1.29 is 28.6 Å². The third kappa shape index (κ3) is 5.35. The highest BCUT2D eigenvalue weighted by Crippen LogP contribution is 2.25. The Bertz CT molecular complexity index is 1030. The summed E-state index contributed by atoms with van der Waals surface area (Å²) >= 11 is 0. The number of ether oxygens (including phenoxy) is 1. The molecule has 0 radical (unpaired) electrons. The molecular formula is C21H20N2O6. The van der Waals surface area contributed by atoms with Crippen LogP contribution in [-0.2, 0) is 27.3 Å². The van der Waals surface area contributed by atoms with Crippen molar-refractivity contribution in [2.75, 3.05) is 0 Å². The minimum absolute atomic E-state index is 0.0526. The van der Waals surface area contributed by atoms with Crippen molar-refractivity contribution in [3.05, 3.63) is 65.9 Å². The van der Waals surface area contributed by atoms with Crippen molar-refractivity contribution in [2.24, 2.45) is 0 Å². The zero-order chi connectivity index (χ0) is 20.8. The Kier molecular flexibility index (Phi) is 6.13. The Hall–Kier alpha value is -3.81. The number of phenolic OH excluding ortho intramolecular Hbond substituents is 1. The average Bonchev–Trinajstić information content (AvgIpc) is 3.08. The molecular weight excluding hydrogens is 376 g/mol. The van der Waals surface area contributed by atoms with E-state index in [4.69, 9.17) is 9.15 Å². The van der Waals surface area contributed by atoms with Gasteiger partial charge in [-0.25, -0.2) is 4.79 Å². The van der Waals surface area contributed by atoms with Crippen LogP contribution in [0.15, 0.2) is 59.2 Å². The van der Waals surface area contributed by atoms with E-state index in [9.17, 15) is 19.5 Å². The first-order valence-electron chi connectivity index (χ1n) is 8.93. The Morgan fingerprint density at radius 3 is 2.66 bits per heavy atom. The summed E-state index contributed by atoms with van der Waals surface area (Å²) in [5, 5.41) is 14.8. The van der Waals surface area contributed by atoms with Gasteiger partial charge in [-0.1, -0.05) is 30.3 Å². The molecule has 0 saturated heterocycles. The highest BCUT2D eigenvalue weighted by molar-refractivity contribution is 5.97. The second-order valence-corrected chi connectivity index (χ2v) is 6.41. The van der Waals surface area contributed by atoms with Crippen LogP contribution in [0.25, 0.3) is 11.0 Å². The number of aromatic hydroxyl groups is 1. The lowest BCUT2D eigenvalue weighted by atomic mass is 10.1. The molecule has 3 N–H and O–H groups in total. The van der Waals surface area contributed by atoms with Gasteiger partial charge in [-0.2, -0.15) is 0 Å². The van der Waals surface area contributed by atoms with E-state index >= 15 is 0 Å². The maximum Gasteiger partial charge on any atom is 0.321 e. The van der Waals surface area contributed by atoms with Gasteiger partial charge in [0.25, 0.3) is 5.91 Å². The SMILES string of the molecule is C[C@H](OC(=O)Cc1coc2cc(O)ccc12)C(=O)NC(=O)NCc1ccccc1. The highest BCUT2D eigenvalue weighted by Gasteiger charge is 2.21. The lowest BCUT2D eigenvalue weighted by molar-refractivity contribution is -0.153. The zero-order valence-electron chi connectivity index (χ0n) is 15.7. The Labute approximate surface area is 166 Å². The summed E-state index contributed by atoms with van der Waals surface area (Å²) in [7, 11) is 0. The molecule has 29 heavy (non-hydrogen) atoms. The number of carbonyl (C=O) groups excluding carboxylic acids is 3. The summed E-state index contributed by atoms with van der Waals surface area (Å²) in [6.45, 7) is 1.64. The molecule has 0 spiro atoms. The van der Waals surface area contributed by atoms with E-state index in [0.717, 1.165) is 5.56 Å². The number of rotatable bonds is 6. The smallest absolute Gasteiger partial charge is 0.321 e. The highest BCUT2D eigenvalue weighted by atomic mass is 16.5. The van der Waals surface area contributed by atoms with E-state index in [0.29, 0.717) is 16.5 Å². The lowest BCUT2D eigenvalue weighted by Gasteiger charge is -2.13. The molecule has 2 aromatic carbocycles. The van der Waals surface area contributed by atoms with Gasteiger partial charge in [0.15, 0.2) is 6.10 Å². The number of furan rings is 1. The number of esters is 1. The van der Waals surface area contributed by atoms with Crippen LogP contribution in [0.1, 0.15) is 18.1 Å². The number of hydrogen-bond acceptors (Lipinski definition) is 6. The van der Waals surface area contributed by atoms with Crippen molar-refractivity contribution in [2.45, 2.75) is 26.0 Å². The zero-order valence-corrected chi connectivity index (χ0v) is 15.7. The van der Waals surface area contributed by atoms with E-state index in [1.54, 1.807) is 6.07 Å². The van der Waals surface area contributed by atoms with Gasteiger partial charge >= 0.3 is 12.0 Å². The van der Waals surface area contributed by atoms with Crippen LogP contribution in [0.2, 0.25) is 0 Å². The monoisotopic (exact) mass is 396 g/mol. The number of phenols is 1. The first kappa shape index (κ1) is 19.9. The van der Waals surface area contributed by atoms with Crippen LogP contribution in [0, 0.1) is 0 Å². The molecule has 3 aromatic rings. The van der Waals surface area contributed by atoms with E-state index in [-0.39, 0.29) is 18.7 Å². The predicted molar refractivity (Wildman–Crippen MR) is 104 cm³/mol. The summed E-state index contributed by atoms with van der Waals surface area (Å²) in [5.41, 5.74) is 1.89. The topological polar surface area (TPSA) is 118 Å². The van der Waals surface area contributed by atoms with Crippen LogP contribution in [0.5, 0.6) is 5.75 Å². The molecule has 8 heteroatoms. The fourth-order valence-electron chi connectivity index (χ4n) is 2.69. The molecule has 1 heterocycles. The molecule has 0 fully saturated rings. The van der Waals surface area contributed by atoms with E-state index in [1.165, 1.54) is 25.3 Å². The molecule has 1 atom stereocenters. The number of imide groups is 1. The van der Waals surface area contributed by atoms with Crippen LogP contribution < -0.4 is 10.6 Å². The van der Waals surface area contributed by atoms with Gasteiger partial charge in [0, 0.05) is 23.6 Å². The number of carbonyl (C=O) groups is 3. The molecule has 0 aliphatic rings. The van der Waals surface area contributed by atoms with Crippen LogP contribution in [0.4, 0.5) is 4.79 Å². The van der Waals surface area contributed by atoms with Gasteiger partial charge < -0.3 is 19.6 Å². The number of hydrogen-bond donors (Lipinski definition) is 3. The van der Waals surface area contributed by atoms with Gasteiger partial charge in [0.05, 0.1) is 12.7 Å². The Morgan fingerprint density at radius 2 is 1.90 bits per heavy atom. The van der Waals surface area contributed by atoms with Crippen molar-refractivity contribution in [1.82, 2.24) is 10.6 Å². The van der Waals surface area contributed by atoms with Crippen molar-refractivity contribution in [3.63, 3.8) is 0 Å². The minimum Gasteiger partial charge on any atom is -0.508 e. The summed E-state index contributed by atoms with van der Waals surface area (Å²) in [6, 6.07) is 13.1. The van der Waals surface area contributed by atoms with Gasteiger partial charge in [-0.15, -0.1) is 0 Å². The minimum atomic E-state index is -1.15. The summed E-state index contributed by atoms with van der Waals surface area (Å²) < 4.78 is 10.4. The number of nitrogens with one attached hydrogen (secondary N) is 2. The Morgan fingerprint density at radius 1 is 1.14 bits per heavy atom. The Balaban J connectivity index is 1.48. The maximum atomic E-state index is 12.1. The molecule has 0 saturated carbocycles. The lowest BCUT2D eigenvalue weighted by Crippen LogP contribution is -2.44. The largest absolute Gasteiger partial charge is 0.508 e. The third-order valence-electron chi connectivity index (χ3n) is 4.18. The van der Waals surface area contributed by atoms with Crippen molar-refractivity contribution in [1.29, 1.82) is 0 Å². The van der Waals surface area contributed by atoms with Gasteiger partial charge in [0.1, 0.15) is 11.3 Å². The fourth-order valence-corrected chi connectivity index (χ4v) is 2.69. The predicted octanol–water partition coefficient (Wildman–Crippen LogP) is 2.64. The van der Waals surface area contributed by atoms with E-state index < -0.39 is 24.0 Å². The molecule has 0 aliphatic carbocycles. The van der Waals surface area contributed by atoms with Crippen molar-refractivity contribution in [3.8, 4) is 5.75 Å². The van der Waals surface area contributed by atoms with Gasteiger partial charge in [-0.3, -0.25) is 14.9 Å². The normalized spacial score (nSPS) is 11.6. The van der Waals surface area contributed by atoms with Gasteiger partial charge in [-0.05, 0) is 24.6 Å². The van der Waals surface area contributed by atoms with Crippen LogP contribution in [-0.4, -0.2) is 29.1 Å². The molecule has 1 aromatic heterocycles. The van der Waals surface area contributed by atoms with Gasteiger partial charge in [0.2, 0.25) is 0 Å². The summed E-state index contributed by atoms with van der Waals surface area (Å²) in [5.74, 6) is -1.32. The third-order valence-corrected chi connectivity index (χ3v) is 4.18. The summed E-state index contributed by atoms with van der Waals surface area (Å²) in [4.78, 5) is 36.0. The fraction of sp³-hybridized carbons (Fsp3) is 0.190. The molecule has 8 nitrogen and oxygen atoms in total. The first-order valence-corrected chi connectivity index (χ1v) is 8.93. The molecule has 0 unspecified atom stereocenters. The standard InChI is InChI=1S/C21H20N2O6/c1-13(20(26)23-21(27)22-11-14-5-3-2-4-6-14)29-19(25)9-15-12-28-18-10-16(24)7-8-17(15)18/h2-8,10,12-13,24H,9,11H2,1H3,(H2,22,23,26,27)/t13-/m0/s1. The van der Waals surface area contributed by atoms with E-state index in [1.807, 2.05) is 30.3 Å². The second-order valence-electron chi connectivity index (χ2n) is 6.41. The van der Waals surface area contributed by atoms with Crippen LogP contribution >= 0.6 is 0 Å². The first-order chi connectivity index (χ1) is 13.9. The quantitative estimate of drug-likeness (QED) is 0.551. The average molecular weight is 396 g/mol. The van der Waals surface area contributed by atoms with E-state index in [2.05, 4.69) is 10.6 Å². The second kappa shape index (κ2) is 8.92. The molecule has 150 valence electrons.